The number of carbonyl (C=O) groups excluding carboxylic acids is 2. The lowest BCUT2D eigenvalue weighted by Gasteiger charge is -2.22. The quantitative estimate of drug-likeness (QED) is 0.724. The number of ketones is 1. The molecule has 0 aliphatic heterocycles. The van der Waals surface area contributed by atoms with E-state index in [0.717, 1.165) is 0 Å². The van der Waals surface area contributed by atoms with Gasteiger partial charge in [0.15, 0.2) is 0 Å². The van der Waals surface area contributed by atoms with Gasteiger partial charge in [0.25, 0.3) is 0 Å². The number of nitrogens with one attached hydrogen (secondary N) is 1. The minimum atomic E-state index is -0.147. The van der Waals surface area contributed by atoms with E-state index in [9.17, 15) is 9.59 Å². The molecule has 0 bridgehead atoms. The van der Waals surface area contributed by atoms with Crippen LogP contribution in [0.2, 0.25) is 0 Å². The molecule has 0 rings (SSSR count). The Kier molecular flexibility index (Phi) is 6.78. The summed E-state index contributed by atoms with van der Waals surface area (Å²) in [6.45, 7) is 12.0. The van der Waals surface area contributed by atoms with Crippen molar-refractivity contribution in [2.45, 2.75) is 41.5 Å². The van der Waals surface area contributed by atoms with Crippen LogP contribution in [0.15, 0.2) is 11.6 Å². The van der Waals surface area contributed by atoms with Crippen molar-refractivity contribution in [2.24, 2.45) is 17.8 Å². The van der Waals surface area contributed by atoms with Crippen molar-refractivity contribution in [1.82, 2.24) is 5.32 Å². The Labute approximate surface area is 105 Å². The molecule has 0 spiro atoms. The molecule has 3 nitrogen and oxygen atoms in total. The maximum Gasteiger partial charge on any atom is 0.246 e. The van der Waals surface area contributed by atoms with E-state index in [1.54, 1.807) is 6.92 Å². The minimum Gasteiger partial charge on any atom is -0.345 e. The summed E-state index contributed by atoms with van der Waals surface area (Å²) in [5, 5.41) is 2.61. The van der Waals surface area contributed by atoms with Crippen molar-refractivity contribution in [3.05, 3.63) is 11.6 Å². The van der Waals surface area contributed by atoms with Crippen molar-refractivity contribution in [1.29, 1.82) is 0 Å². The van der Waals surface area contributed by atoms with Crippen LogP contribution in [0.3, 0.4) is 0 Å². The second-order valence-corrected chi connectivity index (χ2v) is 5.30. The third-order valence-electron chi connectivity index (χ3n) is 2.84. The van der Waals surface area contributed by atoms with Crippen LogP contribution in [-0.2, 0) is 9.59 Å². The first-order chi connectivity index (χ1) is 7.75. The van der Waals surface area contributed by atoms with Crippen molar-refractivity contribution in [3.63, 3.8) is 0 Å². The summed E-state index contributed by atoms with van der Waals surface area (Å²) in [7, 11) is 0. The second kappa shape index (κ2) is 7.25. The molecule has 1 amide bonds. The zero-order valence-electron chi connectivity index (χ0n) is 11.8. The SMILES string of the molecule is CC(=O)CNC(=O)/C(C)=C/C(C(C)C)C(C)C. The highest BCUT2D eigenvalue weighted by Gasteiger charge is 2.16. The molecule has 0 aromatic heterocycles. The van der Waals surface area contributed by atoms with Gasteiger partial charge in [0.05, 0.1) is 6.54 Å². The van der Waals surface area contributed by atoms with Crippen molar-refractivity contribution in [3.8, 4) is 0 Å². The van der Waals surface area contributed by atoms with E-state index in [2.05, 4.69) is 33.0 Å². The van der Waals surface area contributed by atoms with Gasteiger partial charge in [-0.05, 0) is 31.6 Å². The Morgan fingerprint density at radius 2 is 1.53 bits per heavy atom. The molecule has 1 N–H and O–H groups in total. The van der Waals surface area contributed by atoms with Crippen molar-refractivity contribution >= 4 is 11.7 Å². The van der Waals surface area contributed by atoms with Crippen molar-refractivity contribution < 1.29 is 9.59 Å². The highest BCUT2D eigenvalue weighted by molar-refractivity contribution is 5.95. The minimum absolute atomic E-state index is 0.0320. The van der Waals surface area contributed by atoms with E-state index < -0.39 is 0 Å². The number of hydrogen-bond donors (Lipinski definition) is 1. The first kappa shape index (κ1) is 15.9. The van der Waals surface area contributed by atoms with Gasteiger partial charge in [-0.3, -0.25) is 9.59 Å². The first-order valence-corrected chi connectivity index (χ1v) is 6.21. The van der Waals surface area contributed by atoms with Gasteiger partial charge in [-0.25, -0.2) is 0 Å². The van der Waals surface area contributed by atoms with E-state index in [1.807, 2.05) is 6.08 Å². The Morgan fingerprint density at radius 1 is 1.06 bits per heavy atom. The molecule has 0 aliphatic carbocycles. The summed E-state index contributed by atoms with van der Waals surface area (Å²) < 4.78 is 0. The van der Waals surface area contributed by atoms with Crippen LogP contribution in [-0.4, -0.2) is 18.2 Å². The topological polar surface area (TPSA) is 46.2 Å². The fraction of sp³-hybridized carbons (Fsp3) is 0.714. The van der Waals surface area contributed by atoms with Gasteiger partial charge in [0, 0.05) is 5.57 Å². The molecule has 17 heavy (non-hydrogen) atoms. The van der Waals surface area contributed by atoms with Crippen LogP contribution < -0.4 is 5.32 Å². The molecule has 98 valence electrons. The molecule has 0 atom stereocenters. The second-order valence-electron chi connectivity index (χ2n) is 5.30. The number of hydrogen-bond acceptors (Lipinski definition) is 2. The maximum absolute atomic E-state index is 11.7. The van der Waals surface area contributed by atoms with Crippen LogP contribution in [0.1, 0.15) is 41.5 Å². The Morgan fingerprint density at radius 3 is 1.88 bits per heavy atom. The fourth-order valence-corrected chi connectivity index (χ4v) is 1.86. The largest absolute Gasteiger partial charge is 0.345 e. The number of carbonyl (C=O) groups is 2. The molecular formula is C14H25NO2. The molecule has 0 fully saturated rings. The summed E-state index contributed by atoms with van der Waals surface area (Å²) in [6.07, 6.45) is 2.02. The lowest BCUT2D eigenvalue weighted by atomic mass is 9.84. The Hall–Kier alpha value is -1.12. The predicted octanol–water partition coefficient (Wildman–Crippen LogP) is 2.57. The van der Waals surface area contributed by atoms with Gasteiger partial charge in [0.2, 0.25) is 5.91 Å². The molecule has 3 heteroatoms. The maximum atomic E-state index is 11.7. The van der Waals surface area contributed by atoms with E-state index in [-0.39, 0.29) is 18.2 Å². The van der Waals surface area contributed by atoms with Crippen LogP contribution in [0.5, 0.6) is 0 Å². The number of allylic oxidation sites excluding steroid dienone is 1. The lowest BCUT2D eigenvalue weighted by Crippen LogP contribution is -2.29. The molecule has 0 aromatic carbocycles. The number of rotatable bonds is 6. The van der Waals surface area contributed by atoms with E-state index >= 15 is 0 Å². The third kappa shape index (κ3) is 6.25. The summed E-state index contributed by atoms with van der Waals surface area (Å²) in [5.41, 5.74) is 0.693. The number of amides is 1. The summed E-state index contributed by atoms with van der Waals surface area (Å²) in [4.78, 5) is 22.5. The lowest BCUT2D eigenvalue weighted by molar-refractivity contribution is -0.122. The normalized spacial score (nSPS) is 12.4. The monoisotopic (exact) mass is 239 g/mol. The summed E-state index contributed by atoms with van der Waals surface area (Å²) in [6, 6.07) is 0. The van der Waals surface area contributed by atoms with E-state index in [1.165, 1.54) is 6.92 Å². The summed E-state index contributed by atoms with van der Waals surface area (Å²) in [5.74, 6) is 1.22. The van der Waals surface area contributed by atoms with Gasteiger partial charge in [0.1, 0.15) is 5.78 Å². The highest BCUT2D eigenvalue weighted by atomic mass is 16.2. The first-order valence-electron chi connectivity index (χ1n) is 6.21. The van der Waals surface area contributed by atoms with Gasteiger partial charge >= 0.3 is 0 Å². The molecule has 0 unspecified atom stereocenters. The van der Waals surface area contributed by atoms with E-state index in [0.29, 0.717) is 23.3 Å². The fourth-order valence-electron chi connectivity index (χ4n) is 1.86. The molecule has 0 radical (unpaired) electrons. The predicted molar refractivity (Wildman–Crippen MR) is 70.6 cm³/mol. The standard InChI is InChI=1S/C14H25NO2/c1-9(2)13(10(3)4)7-11(5)14(17)15-8-12(6)16/h7,9-10,13H,8H2,1-6H3,(H,15,17)/b11-7+. The van der Waals surface area contributed by atoms with E-state index in [4.69, 9.17) is 0 Å². The molecule has 0 aliphatic rings. The molecule has 0 heterocycles. The summed E-state index contributed by atoms with van der Waals surface area (Å²) >= 11 is 0. The van der Waals surface area contributed by atoms with Crippen LogP contribution in [0.25, 0.3) is 0 Å². The molecule has 0 saturated heterocycles. The van der Waals surface area contributed by atoms with Gasteiger partial charge in [-0.15, -0.1) is 0 Å². The Bertz CT molecular complexity index is 295. The third-order valence-corrected chi connectivity index (χ3v) is 2.84. The molecule has 0 aromatic rings. The zero-order chi connectivity index (χ0) is 13.6. The highest BCUT2D eigenvalue weighted by Crippen LogP contribution is 2.23. The molecular weight excluding hydrogens is 214 g/mol. The van der Waals surface area contributed by atoms with Crippen LogP contribution in [0, 0.1) is 17.8 Å². The average molecular weight is 239 g/mol. The number of Topliss-reactive ketones (excluding diaryl/α,β-unsaturated/α-hetero) is 1. The van der Waals surface area contributed by atoms with Gasteiger partial charge < -0.3 is 5.32 Å². The molecule has 0 saturated carbocycles. The van der Waals surface area contributed by atoms with Gasteiger partial charge in [-0.2, -0.15) is 0 Å². The Balaban J connectivity index is 4.59. The van der Waals surface area contributed by atoms with Gasteiger partial charge in [-0.1, -0.05) is 33.8 Å². The zero-order valence-corrected chi connectivity index (χ0v) is 11.8. The van der Waals surface area contributed by atoms with Crippen LogP contribution in [0.4, 0.5) is 0 Å². The van der Waals surface area contributed by atoms with Crippen molar-refractivity contribution in [2.75, 3.05) is 6.54 Å². The smallest absolute Gasteiger partial charge is 0.246 e. The average Bonchev–Trinajstić information content (AvgIpc) is 2.20. The van der Waals surface area contributed by atoms with Crippen LogP contribution >= 0.6 is 0 Å².